The quantitative estimate of drug-likeness (QED) is 0.681. The van der Waals surface area contributed by atoms with E-state index in [2.05, 4.69) is 52.8 Å². The Hall–Kier alpha value is -2.48. The molecule has 27 heavy (non-hydrogen) atoms. The van der Waals surface area contributed by atoms with E-state index >= 15 is 0 Å². The number of nitrogens with zero attached hydrogens (tertiary/aromatic N) is 7. The first-order chi connectivity index (χ1) is 12.8. The zero-order valence-corrected chi connectivity index (χ0v) is 16.7. The fraction of sp³-hybridized carbons (Fsp3) is 0.579. The van der Waals surface area contributed by atoms with Crippen LogP contribution in [0, 0.1) is 6.92 Å². The van der Waals surface area contributed by atoms with Gasteiger partial charge in [-0.05, 0) is 19.2 Å². The van der Waals surface area contributed by atoms with Crippen LogP contribution in [0.15, 0.2) is 22.7 Å². The Morgan fingerprint density at radius 2 is 2.00 bits per heavy atom. The molecule has 4 heterocycles. The Labute approximate surface area is 159 Å². The molecule has 0 bridgehead atoms. The van der Waals surface area contributed by atoms with Gasteiger partial charge in [-0.25, -0.2) is 4.98 Å². The highest BCUT2D eigenvalue weighted by Crippen LogP contribution is 2.24. The molecule has 0 atom stereocenters. The maximum absolute atomic E-state index is 5.55. The minimum absolute atomic E-state index is 0.0954. The van der Waals surface area contributed by atoms with Gasteiger partial charge < -0.3 is 9.32 Å². The molecular formula is C19H27N7O. The van der Waals surface area contributed by atoms with Gasteiger partial charge in [0.15, 0.2) is 17.4 Å². The van der Waals surface area contributed by atoms with Crippen LogP contribution in [0.25, 0.3) is 5.65 Å². The van der Waals surface area contributed by atoms with Crippen LogP contribution in [-0.2, 0) is 11.8 Å². The predicted molar refractivity (Wildman–Crippen MR) is 103 cm³/mol. The smallest absolute Gasteiger partial charge is 0.191 e. The van der Waals surface area contributed by atoms with Crippen molar-refractivity contribution in [2.24, 2.45) is 0 Å². The summed E-state index contributed by atoms with van der Waals surface area (Å²) in [4.78, 5) is 8.83. The number of likely N-dealkylation sites (N-methyl/N-ethyl adjacent to an activating group) is 1. The lowest BCUT2D eigenvalue weighted by Gasteiger charge is -2.44. The Morgan fingerprint density at radius 3 is 2.67 bits per heavy atom. The van der Waals surface area contributed by atoms with E-state index in [0.29, 0.717) is 6.04 Å². The van der Waals surface area contributed by atoms with Crippen LogP contribution in [0.3, 0.4) is 0 Å². The van der Waals surface area contributed by atoms with Crippen LogP contribution in [0.2, 0.25) is 0 Å². The van der Waals surface area contributed by atoms with Crippen molar-refractivity contribution in [3.8, 4) is 0 Å². The first-order valence-electron chi connectivity index (χ1n) is 9.41. The Kier molecular flexibility index (Phi) is 4.38. The molecule has 0 aromatic carbocycles. The molecule has 0 amide bonds. The van der Waals surface area contributed by atoms with Crippen molar-refractivity contribution in [3.63, 3.8) is 0 Å². The highest BCUT2D eigenvalue weighted by atomic mass is 16.4. The third kappa shape index (κ3) is 3.53. The lowest BCUT2D eigenvalue weighted by Crippen LogP contribution is -2.59. The molecule has 1 aliphatic rings. The van der Waals surface area contributed by atoms with Gasteiger partial charge in [-0.3, -0.25) is 4.90 Å². The number of hydrogen-bond donors (Lipinski definition) is 0. The lowest BCUT2D eigenvalue weighted by molar-refractivity contribution is 0.202. The van der Waals surface area contributed by atoms with Crippen molar-refractivity contribution in [1.82, 2.24) is 29.7 Å². The molecule has 0 radical (unpaired) electrons. The second-order valence-corrected chi connectivity index (χ2v) is 8.37. The van der Waals surface area contributed by atoms with Gasteiger partial charge in [0.2, 0.25) is 0 Å². The molecule has 3 aromatic heterocycles. The van der Waals surface area contributed by atoms with E-state index in [9.17, 15) is 0 Å². The SMILES string of the molecule is Cc1ncc(CCN(C)C2CN(c3ccc4nnc(C(C)(C)C)n4n3)C2)o1. The highest BCUT2D eigenvalue weighted by molar-refractivity contribution is 5.48. The minimum Gasteiger partial charge on any atom is -0.446 e. The van der Waals surface area contributed by atoms with Crippen molar-refractivity contribution >= 4 is 11.5 Å². The summed E-state index contributed by atoms with van der Waals surface area (Å²) in [7, 11) is 2.17. The Balaban J connectivity index is 1.38. The van der Waals surface area contributed by atoms with Gasteiger partial charge in [0, 0.05) is 44.4 Å². The lowest BCUT2D eigenvalue weighted by atomic mass is 9.96. The second-order valence-electron chi connectivity index (χ2n) is 8.37. The molecule has 144 valence electrons. The van der Waals surface area contributed by atoms with Gasteiger partial charge in [0.05, 0.1) is 6.20 Å². The number of rotatable bonds is 5. The van der Waals surface area contributed by atoms with Gasteiger partial charge in [0.25, 0.3) is 0 Å². The number of aromatic nitrogens is 5. The molecule has 1 aliphatic heterocycles. The average molecular weight is 369 g/mol. The monoisotopic (exact) mass is 369 g/mol. The fourth-order valence-corrected chi connectivity index (χ4v) is 3.33. The van der Waals surface area contributed by atoms with Crippen molar-refractivity contribution < 1.29 is 4.42 Å². The Bertz CT molecular complexity index is 933. The first kappa shape index (κ1) is 17.9. The maximum Gasteiger partial charge on any atom is 0.191 e. The summed E-state index contributed by atoms with van der Waals surface area (Å²) in [6, 6.07) is 4.55. The molecule has 4 rings (SSSR count). The topological polar surface area (TPSA) is 75.6 Å². The van der Waals surface area contributed by atoms with E-state index < -0.39 is 0 Å². The summed E-state index contributed by atoms with van der Waals surface area (Å²) in [5, 5.41) is 13.3. The van der Waals surface area contributed by atoms with Crippen LogP contribution in [-0.4, -0.2) is 62.4 Å². The number of aryl methyl sites for hydroxylation is 1. The van der Waals surface area contributed by atoms with E-state index in [1.165, 1.54) is 0 Å². The highest BCUT2D eigenvalue weighted by Gasteiger charge is 2.31. The maximum atomic E-state index is 5.55. The number of hydrogen-bond acceptors (Lipinski definition) is 7. The van der Waals surface area contributed by atoms with Crippen molar-refractivity contribution in [1.29, 1.82) is 0 Å². The second kappa shape index (κ2) is 6.60. The summed E-state index contributed by atoms with van der Waals surface area (Å²) in [6.07, 6.45) is 2.70. The van der Waals surface area contributed by atoms with Gasteiger partial charge in [-0.15, -0.1) is 15.3 Å². The first-order valence-corrected chi connectivity index (χ1v) is 9.41. The fourth-order valence-electron chi connectivity index (χ4n) is 3.33. The van der Waals surface area contributed by atoms with Crippen LogP contribution in [0.1, 0.15) is 38.2 Å². The molecule has 0 N–H and O–H groups in total. The van der Waals surface area contributed by atoms with Crippen LogP contribution in [0.5, 0.6) is 0 Å². The molecule has 0 aliphatic carbocycles. The molecule has 8 heteroatoms. The summed E-state index contributed by atoms with van der Waals surface area (Å²) < 4.78 is 7.43. The third-order valence-corrected chi connectivity index (χ3v) is 5.11. The number of fused-ring (bicyclic) bond motifs is 1. The minimum atomic E-state index is -0.0954. The van der Waals surface area contributed by atoms with E-state index in [4.69, 9.17) is 9.52 Å². The zero-order valence-electron chi connectivity index (χ0n) is 16.7. The van der Waals surface area contributed by atoms with E-state index in [1.54, 1.807) is 0 Å². The zero-order chi connectivity index (χ0) is 19.2. The molecule has 3 aromatic rings. The van der Waals surface area contributed by atoms with Crippen molar-refractivity contribution in [2.75, 3.05) is 31.6 Å². The number of anilines is 1. The molecule has 8 nitrogen and oxygen atoms in total. The van der Waals surface area contributed by atoms with Crippen molar-refractivity contribution in [3.05, 3.63) is 35.8 Å². The molecular weight excluding hydrogens is 342 g/mol. The molecule has 0 unspecified atom stereocenters. The summed E-state index contributed by atoms with van der Waals surface area (Å²) >= 11 is 0. The van der Waals surface area contributed by atoms with E-state index in [1.807, 2.05) is 29.8 Å². The van der Waals surface area contributed by atoms with Gasteiger partial charge in [-0.1, -0.05) is 20.8 Å². The van der Waals surface area contributed by atoms with E-state index in [0.717, 1.165) is 55.0 Å². The standard InChI is InChI=1S/C19H27N7O/c1-13-20-10-15(27-13)8-9-24(5)14-11-25(12-14)17-7-6-16-21-22-18(19(2,3)4)26(16)23-17/h6-7,10,14H,8-9,11-12H2,1-5H3. The third-order valence-electron chi connectivity index (χ3n) is 5.11. The molecule has 0 spiro atoms. The van der Waals surface area contributed by atoms with E-state index in [-0.39, 0.29) is 5.41 Å². The molecule has 1 fully saturated rings. The summed E-state index contributed by atoms with van der Waals surface area (Å²) in [5.41, 5.74) is 0.696. The van der Waals surface area contributed by atoms with Crippen molar-refractivity contribution in [2.45, 2.75) is 45.6 Å². The number of oxazole rings is 1. The van der Waals surface area contributed by atoms with Crippen LogP contribution < -0.4 is 4.90 Å². The predicted octanol–water partition coefficient (Wildman–Crippen LogP) is 2.08. The average Bonchev–Trinajstić information content (AvgIpc) is 3.16. The summed E-state index contributed by atoms with van der Waals surface area (Å²) in [6.45, 7) is 11.2. The molecule has 0 saturated carbocycles. The van der Waals surface area contributed by atoms with Crippen LogP contribution >= 0.6 is 0 Å². The van der Waals surface area contributed by atoms with Crippen LogP contribution in [0.4, 0.5) is 5.82 Å². The largest absolute Gasteiger partial charge is 0.446 e. The normalized spacial score (nSPS) is 15.7. The summed E-state index contributed by atoms with van der Waals surface area (Å²) in [5.74, 6) is 3.54. The van der Waals surface area contributed by atoms with Gasteiger partial charge >= 0.3 is 0 Å². The Morgan fingerprint density at radius 1 is 1.22 bits per heavy atom. The molecule has 1 saturated heterocycles. The van der Waals surface area contributed by atoms with Gasteiger partial charge in [-0.2, -0.15) is 4.52 Å². The van der Waals surface area contributed by atoms with Gasteiger partial charge in [0.1, 0.15) is 11.6 Å².